The number of nitrogens with one attached hydrogen (secondary N) is 1. The van der Waals surface area contributed by atoms with Gasteiger partial charge in [-0.15, -0.1) is 0 Å². The molecule has 1 amide bonds. The summed E-state index contributed by atoms with van der Waals surface area (Å²) in [5, 5.41) is 12.6. The van der Waals surface area contributed by atoms with Crippen molar-refractivity contribution in [1.29, 1.82) is 5.26 Å². The van der Waals surface area contributed by atoms with Crippen molar-refractivity contribution in [3.05, 3.63) is 47.0 Å². The van der Waals surface area contributed by atoms with Gasteiger partial charge in [-0.25, -0.2) is 8.98 Å². The van der Waals surface area contributed by atoms with E-state index < -0.39 is 23.1 Å². The number of nitrogens with zero attached hydrogens (tertiary/aromatic N) is 2. The molecule has 170 valence electrons. The predicted octanol–water partition coefficient (Wildman–Crippen LogP) is 4.01. The summed E-state index contributed by atoms with van der Waals surface area (Å²) in [6.07, 6.45) is -0.431. The summed E-state index contributed by atoms with van der Waals surface area (Å²) >= 11 is -2.40. The third-order valence-electron chi connectivity index (χ3n) is 4.78. The number of fused-ring (bicyclic) bond motifs is 1. The number of anilines is 1. The lowest BCUT2D eigenvalue weighted by molar-refractivity contribution is 0.0242. The Balaban J connectivity index is 2.04. The number of benzene rings is 2. The van der Waals surface area contributed by atoms with Crippen molar-refractivity contribution in [3.63, 3.8) is 0 Å². The van der Waals surface area contributed by atoms with E-state index in [-0.39, 0.29) is 6.73 Å². The fraction of sp³-hybridized carbons (Fsp3) is 0.364. The molecule has 10 heteroatoms. The second kappa shape index (κ2) is 9.56. The molecule has 2 aromatic carbocycles. The second-order valence-corrected chi connectivity index (χ2v) is 8.85. The maximum atomic E-state index is 12.7. The summed E-state index contributed by atoms with van der Waals surface area (Å²) < 4.78 is 35.2. The minimum absolute atomic E-state index is 0.194. The highest BCUT2D eigenvalue weighted by molar-refractivity contribution is 7.74. The van der Waals surface area contributed by atoms with Crippen LogP contribution in [-0.2, 0) is 33.4 Å². The Morgan fingerprint density at radius 1 is 1.25 bits per heavy atom. The number of carbonyl (C=O) groups is 1. The first-order valence-electron chi connectivity index (χ1n) is 9.81. The van der Waals surface area contributed by atoms with Crippen molar-refractivity contribution >= 4 is 23.1 Å². The van der Waals surface area contributed by atoms with Gasteiger partial charge in [0.25, 0.3) is 0 Å². The Morgan fingerprint density at radius 2 is 2.00 bits per heavy atom. The molecule has 0 saturated carbocycles. The van der Waals surface area contributed by atoms with E-state index >= 15 is 0 Å². The van der Waals surface area contributed by atoms with E-state index in [4.69, 9.17) is 14.0 Å². The molecule has 2 aromatic rings. The molecule has 9 nitrogen and oxygen atoms in total. The van der Waals surface area contributed by atoms with Crippen molar-refractivity contribution in [3.8, 4) is 22.9 Å². The number of amides is 1. The topological polar surface area (TPSA) is 121 Å². The zero-order valence-corrected chi connectivity index (χ0v) is 19.1. The predicted molar refractivity (Wildman–Crippen MR) is 119 cm³/mol. The first-order chi connectivity index (χ1) is 15.1. The van der Waals surface area contributed by atoms with Gasteiger partial charge in [-0.2, -0.15) is 9.47 Å². The number of ether oxygens (including phenoxy) is 2. The third kappa shape index (κ3) is 5.56. The zero-order valence-electron chi connectivity index (χ0n) is 18.3. The van der Waals surface area contributed by atoms with Crippen LogP contribution < -0.4 is 10.1 Å². The first kappa shape index (κ1) is 23.5. The lowest BCUT2D eigenvalue weighted by Gasteiger charge is -2.24. The molecule has 0 spiro atoms. The summed E-state index contributed by atoms with van der Waals surface area (Å²) in [5.74, 6) is 0.590. The molecule has 32 heavy (non-hydrogen) atoms. The van der Waals surface area contributed by atoms with Crippen LogP contribution in [0.25, 0.3) is 11.1 Å². The smallest absolute Gasteiger partial charge is 0.410 e. The van der Waals surface area contributed by atoms with E-state index in [1.165, 1.54) is 0 Å². The lowest BCUT2D eigenvalue weighted by Crippen LogP contribution is -2.33. The standard InChI is InChI=1S/C22H25N3O6S/c1-22(2,3)31-21(26)25-11-15-7-16(24-13-30-32(27)28)8-19(20(15)12-25)18-9-17(29-4)6-5-14(18)10-23/h5-9,24H,11-13H2,1-4H3,(H,27,28). The Labute approximate surface area is 189 Å². The third-order valence-corrected chi connectivity index (χ3v) is 5.10. The van der Waals surface area contributed by atoms with Gasteiger partial charge in [-0.3, -0.25) is 9.45 Å². The Hall–Kier alpha value is -3.13. The normalized spacial score (nSPS) is 13.8. The van der Waals surface area contributed by atoms with Gasteiger partial charge in [0.05, 0.1) is 25.3 Å². The maximum absolute atomic E-state index is 12.7. The Morgan fingerprint density at radius 3 is 2.62 bits per heavy atom. The molecular weight excluding hydrogens is 434 g/mol. The van der Waals surface area contributed by atoms with Crippen LogP contribution in [0.1, 0.15) is 37.5 Å². The highest BCUT2D eigenvalue weighted by Crippen LogP contribution is 2.38. The quantitative estimate of drug-likeness (QED) is 0.491. The van der Waals surface area contributed by atoms with Crippen LogP contribution in [0.5, 0.6) is 5.75 Å². The van der Waals surface area contributed by atoms with Gasteiger partial charge in [-0.05, 0) is 67.8 Å². The second-order valence-electron chi connectivity index (χ2n) is 8.18. The van der Waals surface area contributed by atoms with Crippen LogP contribution in [0.4, 0.5) is 10.5 Å². The van der Waals surface area contributed by atoms with E-state index in [1.807, 2.05) is 32.9 Å². The van der Waals surface area contributed by atoms with Crippen LogP contribution >= 0.6 is 0 Å². The summed E-state index contributed by atoms with van der Waals surface area (Å²) in [7, 11) is 1.55. The first-order valence-corrected chi connectivity index (χ1v) is 10.8. The van der Waals surface area contributed by atoms with Crippen molar-refractivity contribution in [2.45, 2.75) is 39.5 Å². The van der Waals surface area contributed by atoms with Crippen LogP contribution in [0.3, 0.4) is 0 Å². The van der Waals surface area contributed by atoms with Crippen LogP contribution in [-0.4, -0.2) is 39.2 Å². The van der Waals surface area contributed by atoms with Crippen molar-refractivity contribution in [2.75, 3.05) is 19.2 Å². The SMILES string of the molecule is COc1ccc(C#N)c(-c2cc(NCOS(=O)O)cc3c2CN(C(=O)OC(C)(C)C)C3)c1. The molecule has 1 heterocycles. The molecule has 2 N–H and O–H groups in total. The van der Waals surface area contributed by atoms with Gasteiger partial charge in [0, 0.05) is 17.8 Å². The van der Waals surface area contributed by atoms with Crippen molar-refractivity contribution in [2.24, 2.45) is 0 Å². The summed E-state index contributed by atoms with van der Waals surface area (Å²) in [6.45, 7) is 5.87. The number of carbonyl (C=O) groups excluding carboxylic acids is 1. The Kier molecular flexibility index (Phi) is 7.03. The van der Waals surface area contributed by atoms with Crippen molar-refractivity contribution in [1.82, 2.24) is 4.90 Å². The number of hydrogen-bond donors (Lipinski definition) is 2. The van der Waals surface area contributed by atoms with Crippen molar-refractivity contribution < 1.29 is 27.2 Å². The highest BCUT2D eigenvalue weighted by atomic mass is 32.2. The molecule has 1 unspecified atom stereocenters. The summed E-state index contributed by atoms with van der Waals surface area (Å²) in [6, 6.07) is 11.0. The van der Waals surface area contributed by atoms with E-state index in [9.17, 15) is 14.3 Å². The molecule has 0 aromatic heterocycles. The van der Waals surface area contributed by atoms with Gasteiger partial charge in [0.1, 0.15) is 18.1 Å². The van der Waals surface area contributed by atoms with Crippen LogP contribution in [0.2, 0.25) is 0 Å². The molecule has 0 radical (unpaired) electrons. The van der Waals surface area contributed by atoms with E-state index in [1.54, 1.807) is 30.2 Å². The molecule has 3 rings (SSSR count). The van der Waals surface area contributed by atoms with Crippen LogP contribution in [0.15, 0.2) is 30.3 Å². The monoisotopic (exact) mass is 459 g/mol. The molecule has 1 aliphatic rings. The van der Waals surface area contributed by atoms with Gasteiger partial charge in [0.2, 0.25) is 0 Å². The average Bonchev–Trinajstić information content (AvgIpc) is 3.15. The highest BCUT2D eigenvalue weighted by Gasteiger charge is 2.30. The summed E-state index contributed by atoms with van der Waals surface area (Å²) in [4.78, 5) is 14.3. The molecule has 1 aliphatic heterocycles. The zero-order chi connectivity index (χ0) is 23.5. The number of hydrogen-bond acceptors (Lipinski definition) is 7. The molecule has 0 saturated heterocycles. The minimum atomic E-state index is -2.40. The molecular formula is C22H25N3O6S. The van der Waals surface area contributed by atoms with Gasteiger partial charge >= 0.3 is 17.5 Å². The van der Waals surface area contributed by atoms with E-state index in [0.717, 1.165) is 16.7 Å². The lowest BCUT2D eigenvalue weighted by atomic mass is 9.93. The van der Waals surface area contributed by atoms with E-state index in [2.05, 4.69) is 15.6 Å². The fourth-order valence-electron chi connectivity index (χ4n) is 3.44. The summed E-state index contributed by atoms with van der Waals surface area (Å²) in [5.41, 5.74) is 3.60. The van der Waals surface area contributed by atoms with Gasteiger partial charge < -0.3 is 14.8 Å². The van der Waals surface area contributed by atoms with Gasteiger partial charge in [-0.1, -0.05) is 0 Å². The largest absolute Gasteiger partial charge is 0.497 e. The molecule has 0 aliphatic carbocycles. The van der Waals surface area contributed by atoms with Gasteiger partial charge in [0.15, 0.2) is 0 Å². The fourth-order valence-corrected chi connectivity index (χ4v) is 3.60. The molecule has 0 fully saturated rings. The average molecular weight is 460 g/mol. The molecule has 0 bridgehead atoms. The number of methoxy groups -OCH3 is 1. The van der Waals surface area contributed by atoms with Crippen LogP contribution in [0, 0.1) is 11.3 Å². The number of nitriles is 1. The number of rotatable bonds is 6. The maximum Gasteiger partial charge on any atom is 0.410 e. The Bertz CT molecular complexity index is 1090. The minimum Gasteiger partial charge on any atom is -0.497 e. The molecule has 1 atom stereocenters. The van der Waals surface area contributed by atoms with E-state index in [0.29, 0.717) is 35.7 Å².